The molecule has 0 radical (unpaired) electrons. The summed E-state index contributed by atoms with van der Waals surface area (Å²) < 4.78 is 33.2. The zero-order chi connectivity index (χ0) is 23.9. The van der Waals surface area contributed by atoms with Crippen LogP contribution in [-0.2, 0) is 24.3 Å². The summed E-state index contributed by atoms with van der Waals surface area (Å²) in [5.41, 5.74) is -0.460. The minimum Gasteiger partial charge on any atom is -0.376 e. The fraction of sp³-hybridized carbons (Fsp3) is 0.636. The molecule has 0 saturated carbocycles. The second-order valence-corrected chi connectivity index (χ2v) is 11.2. The van der Waals surface area contributed by atoms with Crippen LogP contribution in [0, 0.1) is 0 Å². The average Bonchev–Trinajstić information content (AvgIpc) is 3.21. The maximum Gasteiger partial charge on any atom is 0.243 e. The van der Waals surface area contributed by atoms with Gasteiger partial charge in [0.05, 0.1) is 17.5 Å². The van der Waals surface area contributed by atoms with Crippen LogP contribution in [0.4, 0.5) is 0 Å². The Morgan fingerprint density at radius 2 is 1.91 bits per heavy atom. The highest BCUT2D eigenvalue weighted by molar-refractivity contribution is 7.89. The Morgan fingerprint density at radius 1 is 1.25 bits per heavy atom. The molecule has 1 aromatic carbocycles. The van der Waals surface area contributed by atoms with Crippen LogP contribution in [0.3, 0.4) is 0 Å². The first-order valence-corrected chi connectivity index (χ1v) is 12.8. The van der Waals surface area contributed by atoms with Gasteiger partial charge in [-0.2, -0.15) is 0 Å². The van der Waals surface area contributed by atoms with Gasteiger partial charge in [0.15, 0.2) is 0 Å². The van der Waals surface area contributed by atoms with E-state index in [-0.39, 0.29) is 23.5 Å². The summed E-state index contributed by atoms with van der Waals surface area (Å²) in [6.45, 7) is 7.96. The molecule has 1 aromatic rings. The van der Waals surface area contributed by atoms with Crippen molar-refractivity contribution in [2.24, 2.45) is 0 Å². The third-order valence-corrected chi connectivity index (χ3v) is 6.69. The normalized spacial score (nSPS) is 17.7. The molecule has 10 heteroatoms. The van der Waals surface area contributed by atoms with E-state index in [4.69, 9.17) is 16.3 Å². The Kier molecular flexibility index (Phi) is 9.51. The van der Waals surface area contributed by atoms with Crippen molar-refractivity contribution >= 4 is 33.4 Å². The number of halogens is 1. The third-order valence-electron chi connectivity index (χ3n) is 5.02. The van der Waals surface area contributed by atoms with E-state index in [1.807, 2.05) is 27.7 Å². The van der Waals surface area contributed by atoms with Crippen molar-refractivity contribution in [3.63, 3.8) is 0 Å². The largest absolute Gasteiger partial charge is 0.376 e. The molecule has 32 heavy (non-hydrogen) atoms. The van der Waals surface area contributed by atoms with Gasteiger partial charge in [0.2, 0.25) is 21.8 Å². The molecule has 2 atom stereocenters. The lowest BCUT2D eigenvalue weighted by Crippen LogP contribution is -2.56. The minimum absolute atomic E-state index is 0.0101. The van der Waals surface area contributed by atoms with E-state index in [2.05, 4.69) is 10.0 Å². The lowest BCUT2D eigenvalue weighted by Gasteiger charge is -2.34. The Bertz CT molecular complexity index is 878. The number of amides is 2. The van der Waals surface area contributed by atoms with Crippen LogP contribution in [-0.4, -0.2) is 62.5 Å². The molecule has 2 rings (SSSR count). The standard InChI is InChI=1S/C22H34ClN3O5S/c1-5-7-19(21(28)25-22(2,3)4)26(15-17-8-6-13-31-17)20(27)14-24-32(29,30)18-11-9-16(23)10-12-18/h9-12,17,19,24H,5-8,13-15H2,1-4H3,(H,25,28)/t17-,19+/m1/s1. The molecule has 8 nitrogen and oxygen atoms in total. The summed E-state index contributed by atoms with van der Waals surface area (Å²) in [6, 6.07) is 4.97. The molecule has 0 aliphatic carbocycles. The number of carbonyl (C=O) groups is 2. The summed E-state index contributed by atoms with van der Waals surface area (Å²) >= 11 is 5.83. The molecule has 180 valence electrons. The number of ether oxygens (including phenoxy) is 1. The fourth-order valence-corrected chi connectivity index (χ4v) is 4.62. The second-order valence-electron chi connectivity index (χ2n) is 9.00. The summed E-state index contributed by atoms with van der Waals surface area (Å²) in [6.07, 6.45) is 2.66. The van der Waals surface area contributed by atoms with Crippen molar-refractivity contribution in [3.8, 4) is 0 Å². The quantitative estimate of drug-likeness (QED) is 0.528. The molecule has 1 aliphatic heterocycles. The highest BCUT2D eigenvalue weighted by atomic mass is 35.5. The van der Waals surface area contributed by atoms with Crippen LogP contribution in [0.2, 0.25) is 5.02 Å². The SMILES string of the molecule is CCC[C@@H](C(=O)NC(C)(C)C)N(C[C@H]1CCCO1)C(=O)CNS(=O)(=O)c1ccc(Cl)cc1. The van der Waals surface area contributed by atoms with Crippen LogP contribution in [0.5, 0.6) is 0 Å². The molecular formula is C22H34ClN3O5S. The molecule has 1 aliphatic rings. The average molecular weight is 488 g/mol. The number of nitrogens with zero attached hydrogens (tertiary/aromatic N) is 1. The lowest BCUT2D eigenvalue weighted by molar-refractivity contribution is -0.142. The van der Waals surface area contributed by atoms with Gasteiger partial charge in [-0.05, 0) is 64.3 Å². The first-order chi connectivity index (χ1) is 14.9. The maximum absolute atomic E-state index is 13.2. The van der Waals surface area contributed by atoms with Crippen molar-refractivity contribution in [2.45, 2.75) is 76.0 Å². The maximum atomic E-state index is 13.2. The lowest BCUT2D eigenvalue weighted by atomic mass is 10.0. The zero-order valence-corrected chi connectivity index (χ0v) is 20.8. The van der Waals surface area contributed by atoms with Crippen LogP contribution in [0.25, 0.3) is 0 Å². The van der Waals surface area contributed by atoms with Gasteiger partial charge in [-0.3, -0.25) is 9.59 Å². The van der Waals surface area contributed by atoms with Gasteiger partial charge < -0.3 is 15.0 Å². The Balaban J connectivity index is 2.20. The Morgan fingerprint density at radius 3 is 2.44 bits per heavy atom. The van der Waals surface area contributed by atoms with Crippen molar-refractivity contribution in [1.29, 1.82) is 0 Å². The van der Waals surface area contributed by atoms with Crippen molar-refractivity contribution < 1.29 is 22.7 Å². The van der Waals surface area contributed by atoms with Crippen molar-refractivity contribution in [2.75, 3.05) is 19.7 Å². The topological polar surface area (TPSA) is 105 Å². The van der Waals surface area contributed by atoms with Gasteiger partial charge >= 0.3 is 0 Å². The first-order valence-electron chi connectivity index (χ1n) is 10.9. The molecule has 0 bridgehead atoms. The number of sulfonamides is 1. The summed E-state index contributed by atoms with van der Waals surface area (Å²) in [4.78, 5) is 27.7. The zero-order valence-electron chi connectivity index (χ0n) is 19.2. The van der Waals surface area contributed by atoms with Gasteiger partial charge in [-0.15, -0.1) is 0 Å². The molecule has 0 aromatic heterocycles. The van der Waals surface area contributed by atoms with Gasteiger partial charge in [-0.25, -0.2) is 13.1 Å². The highest BCUT2D eigenvalue weighted by Crippen LogP contribution is 2.18. The summed E-state index contributed by atoms with van der Waals surface area (Å²) in [5.74, 6) is -0.730. The number of hydrogen-bond acceptors (Lipinski definition) is 5. The number of nitrogens with one attached hydrogen (secondary N) is 2. The number of hydrogen-bond donors (Lipinski definition) is 2. The summed E-state index contributed by atoms with van der Waals surface area (Å²) in [7, 11) is -3.91. The van der Waals surface area contributed by atoms with E-state index in [0.29, 0.717) is 24.5 Å². The Hall–Kier alpha value is -1.68. The van der Waals surface area contributed by atoms with E-state index in [1.165, 1.54) is 29.2 Å². The van der Waals surface area contributed by atoms with Crippen LogP contribution in [0.1, 0.15) is 53.4 Å². The third kappa shape index (κ3) is 8.03. The van der Waals surface area contributed by atoms with Crippen LogP contribution in [0.15, 0.2) is 29.2 Å². The predicted molar refractivity (Wildman–Crippen MR) is 124 cm³/mol. The van der Waals surface area contributed by atoms with Gasteiger partial charge in [0, 0.05) is 23.7 Å². The number of benzene rings is 1. The highest BCUT2D eigenvalue weighted by Gasteiger charge is 2.34. The number of carbonyl (C=O) groups excluding carboxylic acids is 2. The van der Waals surface area contributed by atoms with E-state index in [0.717, 1.165) is 12.8 Å². The van der Waals surface area contributed by atoms with E-state index in [1.54, 1.807) is 0 Å². The molecule has 0 spiro atoms. The van der Waals surface area contributed by atoms with Crippen LogP contribution >= 0.6 is 11.6 Å². The number of rotatable bonds is 10. The molecule has 1 saturated heterocycles. The summed E-state index contributed by atoms with van der Waals surface area (Å²) in [5, 5.41) is 3.36. The van der Waals surface area contributed by atoms with Crippen molar-refractivity contribution in [3.05, 3.63) is 29.3 Å². The first kappa shape index (κ1) is 26.6. The van der Waals surface area contributed by atoms with E-state index >= 15 is 0 Å². The van der Waals surface area contributed by atoms with E-state index < -0.39 is 34.1 Å². The van der Waals surface area contributed by atoms with E-state index in [9.17, 15) is 18.0 Å². The molecule has 2 amide bonds. The Labute approximate surface area is 196 Å². The molecule has 2 N–H and O–H groups in total. The monoisotopic (exact) mass is 487 g/mol. The second kappa shape index (κ2) is 11.4. The fourth-order valence-electron chi connectivity index (χ4n) is 3.52. The minimum atomic E-state index is -3.91. The molecule has 1 fully saturated rings. The van der Waals surface area contributed by atoms with Crippen molar-refractivity contribution in [1.82, 2.24) is 14.9 Å². The molecule has 1 heterocycles. The molecule has 0 unspecified atom stereocenters. The molecular weight excluding hydrogens is 454 g/mol. The van der Waals surface area contributed by atoms with Gasteiger partial charge in [0.25, 0.3) is 0 Å². The van der Waals surface area contributed by atoms with Crippen LogP contribution < -0.4 is 10.0 Å². The smallest absolute Gasteiger partial charge is 0.243 e. The van der Waals surface area contributed by atoms with Gasteiger partial charge in [-0.1, -0.05) is 24.9 Å². The predicted octanol–water partition coefficient (Wildman–Crippen LogP) is 2.71. The van der Waals surface area contributed by atoms with Gasteiger partial charge in [0.1, 0.15) is 6.04 Å².